The summed E-state index contributed by atoms with van der Waals surface area (Å²) in [4.78, 5) is 15.0. The van der Waals surface area contributed by atoms with Gasteiger partial charge in [0.2, 0.25) is 0 Å². The van der Waals surface area contributed by atoms with E-state index >= 15 is 0 Å². The topological polar surface area (TPSA) is 51.8 Å². The van der Waals surface area contributed by atoms with Crippen molar-refractivity contribution in [3.05, 3.63) is 224 Å². The maximum absolute atomic E-state index is 6.15. The van der Waals surface area contributed by atoms with Gasteiger partial charge >= 0.3 is 0 Å². The molecule has 14 rings (SSSR count). The van der Waals surface area contributed by atoms with Crippen molar-refractivity contribution in [3.63, 3.8) is 0 Å². The number of hydrogen-bond donors (Lipinski definition) is 0. The quantitative estimate of drug-likeness (QED) is 0.156. The second-order valence-corrected chi connectivity index (χ2v) is 17.5. The summed E-state index contributed by atoms with van der Waals surface area (Å²) in [6.07, 6.45) is 0. The van der Waals surface area contributed by atoms with Gasteiger partial charge in [-0.2, -0.15) is 0 Å². The molecule has 0 spiro atoms. The highest BCUT2D eigenvalue weighted by Crippen LogP contribution is 2.44. The fourth-order valence-electron chi connectivity index (χ4n) is 10.4. The Balaban J connectivity index is 0.830. The molecule has 0 unspecified atom stereocenters. The van der Waals surface area contributed by atoms with Crippen LogP contribution in [0, 0.1) is 0 Å². The van der Waals surface area contributed by atoms with Crippen LogP contribution in [0.25, 0.3) is 143 Å². The van der Waals surface area contributed by atoms with Crippen LogP contribution in [0.3, 0.4) is 0 Å². The molecule has 4 heteroatoms. The second kappa shape index (κ2) is 14.8. The zero-order chi connectivity index (χ0) is 44.0. The monoisotopic (exact) mass is 851 g/mol. The van der Waals surface area contributed by atoms with Crippen molar-refractivity contribution in [3.8, 4) is 67.7 Å². The predicted octanol–water partition coefficient (Wildman–Crippen LogP) is 17.0. The molecule has 0 bridgehead atoms. The minimum absolute atomic E-state index is 0.612. The van der Waals surface area contributed by atoms with Gasteiger partial charge in [-0.3, -0.25) is 0 Å². The molecule has 0 amide bonds. The molecule has 0 aliphatic carbocycles. The van der Waals surface area contributed by atoms with E-state index in [9.17, 15) is 0 Å². The molecule has 0 fully saturated rings. The number of nitrogens with zero attached hydrogens (tertiary/aromatic N) is 3. The summed E-state index contributed by atoms with van der Waals surface area (Å²) < 4.78 is 6.15. The van der Waals surface area contributed by atoms with Crippen LogP contribution in [-0.4, -0.2) is 15.0 Å². The highest BCUT2D eigenvalue weighted by atomic mass is 16.3. The molecule has 0 saturated carbocycles. The van der Waals surface area contributed by atoms with Crippen molar-refractivity contribution in [2.75, 3.05) is 0 Å². The van der Waals surface area contributed by atoms with Gasteiger partial charge in [-0.15, -0.1) is 0 Å². The highest BCUT2D eigenvalue weighted by molar-refractivity contribution is 6.37. The third kappa shape index (κ3) is 6.11. The first-order valence-corrected chi connectivity index (χ1v) is 22.7. The first-order chi connectivity index (χ1) is 33.2. The fourth-order valence-corrected chi connectivity index (χ4v) is 10.4. The zero-order valence-corrected chi connectivity index (χ0v) is 36.1. The van der Waals surface area contributed by atoms with E-state index in [4.69, 9.17) is 19.4 Å². The second-order valence-electron chi connectivity index (χ2n) is 17.5. The lowest BCUT2D eigenvalue weighted by Gasteiger charge is -2.17. The van der Waals surface area contributed by atoms with Crippen LogP contribution in [-0.2, 0) is 0 Å². The molecule has 0 saturated heterocycles. The van der Waals surface area contributed by atoms with Crippen molar-refractivity contribution in [1.29, 1.82) is 0 Å². The van der Waals surface area contributed by atoms with Crippen LogP contribution < -0.4 is 0 Å². The fraction of sp³-hybridized carbons (Fsp3) is 0. The maximum Gasteiger partial charge on any atom is 0.164 e. The number of benzene rings is 11. The average molecular weight is 852 g/mol. The Morgan fingerprint density at radius 2 is 0.642 bits per heavy atom. The molecule has 14 aromatic rings. The Kier molecular flexibility index (Phi) is 8.25. The number of para-hydroxylation sites is 1. The first-order valence-electron chi connectivity index (χ1n) is 22.7. The molecule has 0 N–H and O–H groups in total. The van der Waals surface area contributed by atoms with Crippen LogP contribution in [0.4, 0.5) is 0 Å². The average Bonchev–Trinajstić information content (AvgIpc) is 3.84. The van der Waals surface area contributed by atoms with E-state index in [2.05, 4.69) is 176 Å². The number of aromatic nitrogens is 3. The van der Waals surface area contributed by atoms with E-state index in [1.807, 2.05) is 48.5 Å². The number of fused-ring (bicyclic) bond motifs is 3. The lowest BCUT2D eigenvalue weighted by atomic mass is 9.86. The summed E-state index contributed by atoms with van der Waals surface area (Å²) in [5, 5.41) is 16.5. The highest BCUT2D eigenvalue weighted by Gasteiger charge is 2.18. The zero-order valence-electron chi connectivity index (χ0n) is 36.1. The van der Waals surface area contributed by atoms with Gasteiger partial charge in [0, 0.05) is 27.6 Å². The summed E-state index contributed by atoms with van der Waals surface area (Å²) in [5.41, 5.74) is 9.25. The van der Waals surface area contributed by atoms with Crippen LogP contribution in [0.2, 0.25) is 0 Å². The normalized spacial score (nSPS) is 11.9. The van der Waals surface area contributed by atoms with E-state index in [1.165, 1.54) is 75.8 Å². The number of hydrogen-bond acceptors (Lipinski definition) is 4. The van der Waals surface area contributed by atoms with Crippen molar-refractivity contribution in [2.45, 2.75) is 0 Å². The maximum atomic E-state index is 6.15. The van der Waals surface area contributed by atoms with Crippen molar-refractivity contribution in [2.24, 2.45) is 0 Å². The molecule has 2 aromatic heterocycles. The van der Waals surface area contributed by atoms with Gasteiger partial charge in [-0.05, 0) is 111 Å². The van der Waals surface area contributed by atoms with Crippen LogP contribution >= 0.6 is 0 Å². The molecular formula is C63H37N3O. The first kappa shape index (κ1) is 37.4. The summed E-state index contributed by atoms with van der Waals surface area (Å²) in [5.74, 6) is 2.69. The lowest BCUT2D eigenvalue weighted by Crippen LogP contribution is -2.00. The Morgan fingerprint density at radius 3 is 1.18 bits per heavy atom. The molecule has 0 atom stereocenters. The van der Waals surface area contributed by atoms with E-state index in [0.717, 1.165) is 50.1 Å². The Morgan fingerprint density at radius 1 is 0.239 bits per heavy atom. The smallest absolute Gasteiger partial charge is 0.164 e. The summed E-state index contributed by atoms with van der Waals surface area (Å²) >= 11 is 0. The summed E-state index contributed by atoms with van der Waals surface area (Å²) in [7, 11) is 0. The predicted molar refractivity (Wildman–Crippen MR) is 278 cm³/mol. The minimum Gasteiger partial charge on any atom is -0.456 e. The Labute approximate surface area is 385 Å². The largest absolute Gasteiger partial charge is 0.456 e. The van der Waals surface area contributed by atoms with Gasteiger partial charge in [0.05, 0.1) is 0 Å². The van der Waals surface area contributed by atoms with Crippen LogP contribution in [0.5, 0.6) is 0 Å². The third-order valence-electron chi connectivity index (χ3n) is 13.6. The van der Waals surface area contributed by atoms with E-state index < -0.39 is 0 Å². The minimum atomic E-state index is 0.612. The summed E-state index contributed by atoms with van der Waals surface area (Å²) in [6, 6.07) is 80.2. The van der Waals surface area contributed by atoms with Gasteiger partial charge < -0.3 is 4.42 Å². The van der Waals surface area contributed by atoms with E-state index in [1.54, 1.807) is 0 Å². The Bertz CT molecular complexity index is 4190. The molecule has 2 heterocycles. The van der Waals surface area contributed by atoms with Gasteiger partial charge in [-0.1, -0.05) is 200 Å². The molecule has 4 nitrogen and oxygen atoms in total. The molecule has 310 valence electrons. The molecule has 0 aliphatic heterocycles. The lowest BCUT2D eigenvalue weighted by molar-refractivity contribution is 0.631. The number of furan rings is 1. The van der Waals surface area contributed by atoms with Crippen molar-refractivity contribution >= 4 is 75.6 Å². The van der Waals surface area contributed by atoms with Gasteiger partial charge in [0.25, 0.3) is 0 Å². The molecule has 0 radical (unpaired) electrons. The molecule has 67 heavy (non-hydrogen) atoms. The molecular weight excluding hydrogens is 815 g/mol. The van der Waals surface area contributed by atoms with Crippen LogP contribution in [0.15, 0.2) is 229 Å². The van der Waals surface area contributed by atoms with Crippen molar-refractivity contribution in [1.82, 2.24) is 15.0 Å². The number of rotatable bonds is 6. The van der Waals surface area contributed by atoms with E-state index in [-0.39, 0.29) is 0 Å². The Hall–Kier alpha value is -8.99. The third-order valence-corrected chi connectivity index (χ3v) is 13.6. The molecule has 0 aliphatic rings. The standard InChI is InChI=1S/C63H37N3O/c1-2-9-45(10-3-1)61-64-62(66-63(65-61)47-32-25-41(26-33-47)56-37-48-11-4-5-18-55(48)67-56)46-30-23-39(24-31-46)38-19-21-40(22-20-38)50-35-49-34-29-44-13-7-16-52-51-15-6-12-42-27-28-43-14-8-17-53(59(43)57(42)51)54(36-50)60(49)58(44)52/h1-37H. The van der Waals surface area contributed by atoms with Crippen molar-refractivity contribution < 1.29 is 4.42 Å². The SMILES string of the molecule is c1ccc(-c2nc(-c3ccc(-c4ccc(-c5cc6ccc7cccc8c9cccc%10ccc%11cccc(c(c5)c6c78)c%11c%109)cc4)cc3)nc(-c3ccc(-c4cc5ccccc5o4)cc3)n2)cc1. The van der Waals surface area contributed by atoms with Crippen LogP contribution in [0.1, 0.15) is 0 Å². The molecule has 12 aromatic carbocycles. The van der Waals surface area contributed by atoms with Gasteiger partial charge in [0.1, 0.15) is 11.3 Å². The van der Waals surface area contributed by atoms with E-state index in [0.29, 0.717) is 17.5 Å². The van der Waals surface area contributed by atoms with Gasteiger partial charge in [0.15, 0.2) is 17.5 Å². The van der Waals surface area contributed by atoms with Gasteiger partial charge in [-0.25, -0.2) is 15.0 Å². The summed E-state index contributed by atoms with van der Waals surface area (Å²) in [6.45, 7) is 0.